The smallest absolute Gasteiger partial charge is 0.378 e. The maximum Gasteiger partial charge on any atom is 0.416 e. The van der Waals surface area contributed by atoms with Crippen LogP contribution in [0.1, 0.15) is 31.9 Å². The van der Waals surface area contributed by atoms with Gasteiger partial charge in [-0.3, -0.25) is 4.79 Å². The summed E-state index contributed by atoms with van der Waals surface area (Å²) in [6, 6.07) is 5.54. The summed E-state index contributed by atoms with van der Waals surface area (Å²) in [6.07, 6.45) is -10.1. The first-order chi connectivity index (χ1) is 13.9. The Kier molecular flexibility index (Phi) is 5.99. The molecule has 3 nitrogen and oxygen atoms in total. The summed E-state index contributed by atoms with van der Waals surface area (Å²) in [5, 5.41) is 18.4. The van der Waals surface area contributed by atoms with Crippen molar-refractivity contribution < 1.29 is 36.2 Å². The molecule has 1 aromatic carbocycles. The van der Waals surface area contributed by atoms with Gasteiger partial charge in [0.05, 0.1) is 17.7 Å². The monoisotopic (exact) mass is 465 g/mol. The first-order valence-corrected chi connectivity index (χ1v) is 10.1. The molecule has 0 radical (unpaired) electrons. The first-order valence-electron chi connectivity index (χ1n) is 8.28. The summed E-state index contributed by atoms with van der Waals surface area (Å²) in [5.41, 5.74) is -5.23. The molecule has 0 fully saturated rings. The minimum atomic E-state index is -5.06. The highest BCUT2D eigenvalue weighted by Gasteiger charge is 2.38. The zero-order valence-electron chi connectivity index (χ0n) is 14.8. The Hall–Kier alpha value is -2.37. The quantitative estimate of drug-likeness (QED) is 0.488. The number of nitrogens with one attached hydrogen (secondary N) is 1. The van der Waals surface area contributed by atoms with Crippen molar-refractivity contribution in [3.05, 3.63) is 79.7 Å². The Morgan fingerprint density at radius 3 is 2.03 bits per heavy atom. The van der Waals surface area contributed by atoms with Crippen LogP contribution in [0.5, 0.6) is 0 Å². The molecule has 0 saturated carbocycles. The SMILES string of the molecule is O=C(NCC(O)(c1ccsc1)c1cccs1)c1cc(C(F)(F)F)cc(C(F)(F)F)c1. The van der Waals surface area contributed by atoms with Gasteiger partial charge in [-0.05, 0) is 46.5 Å². The zero-order chi connectivity index (χ0) is 22.2. The van der Waals surface area contributed by atoms with Gasteiger partial charge in [0.25, 0.3) is 5.91 Å². The molecule has 0 saturated heterocycles. The van der Waals surface area contributed by atoms with E-state index in [1.54, 1.807) is 34.3 Å². The molecule has 3 aromatic rings. The molecule has 0 bridgehead atoms. The van der Waals surface area contributed by atoms with E-state index in [1.165, 1.54) is 22.7 Å². The van der Waals surface area contributed by atoms with Crippen LogP contribution in [0, 0.1) is 0 Å². The number of rotatable bonds is 5. The van der Waals surface area contributed by atoms with E-state index in [9.17, 15) is 36.2 Å². The fourth-order valence-electron chi connectivity index (χ4n) is 2.74. The molecular weight excluding hydrogens is 452 g/mol. The minimum absolute atomic E-state index is 0.0515. The van der Waals surface area contributed by atoms with E-state index in [4.69, 9.17) is 0 Å². The molecule has 0 aliphatic heterocycles. The lowest BCUT2D eigenvalue weighted by Gasteiger charge is -2.27. The highest BCUT2D eigenvalue weighted by Crippen LogP contribution is 2.37. The van der Waals surface area contributed by atoms with Crippen LogP contribution in [0.15, 0.2) is 52.5 Å². The van der Waals surface area contributed by atoms with E-state index in [-0.39, 0.29) is 6.07 Å². The zero-order valence-corrected chi connectivity index (χ0v) is 16.5. The summed E-state index contributed by atoms with van der Waals surface area (Å²) < 4.78 is 78.1. The lowest BCUT2D eigenvalue weighted by atomic mass is 9.94. The minimum Gasteiger partial charge on any atom is -0.378 e. The molecule has 1 amide bonds. The number of carbonyl (C=O) groups excluding carboxylic acids is 1. The maximum absolute atomic E-state index is 13.0. The van der Waals surface area contributed by atoms with Crippen molar-refractivity contribution in [2.45, 2.75) is 18.0 Å². The lowest BCUT2D eigenvalue weighted by molar-refractivity contribution is -0.143. The molecule has 2 aromatic heterocycles. The largest absolute Gasteiger partial charge is 0.416 e. The molecule has 2 N–H and O–H groups in total. The van der Waals surface area contributed by atoms with Crippen molar-refractivity contribution in [3.8, 4) is 0 Å². The van der Waals surface area contributed by atoms with Crippen LogP contribution in [0.4, 0.5) is 26.3 Å². The predicted octanol–water partition coefficient (Wildman–Crippen LogP) is 5.51. The van der Waals surface area contributed by atoms with E-state index in [2.05, 4.69) is 5.32 Å². The second-order valence-electron chi connectivity index (χ2n) is 6.33. The van der Waals surface area contributed by atoms with Crippen LogP contribution in [0.3, 0.4) is 0 Å². The van der Waals surface area contributed by atoms with Crippen molar-refractivity contribution in [1.29, 1.82) is 0 Å². The van der Waals surface area contributed by atoms with Gasteiger partial charge < -0.3 is 10.4 Å². The van der Waals surface area contributed by atoms with Crippen molar-refractivity contribution in [2.24, 2.45) is 0 Å². The summed E-state index contributed by atoms with van der Waals surface area (Å²) in [6.45, 7) is -0.444. The topological polar surface area (TPSA) is 49.3 Å². The first kappa shape index (κ1) is 22.3. The maximum atomic E-state index is 13.0. The van der Waals surface area contributed by atoms with Gasteiger partial charge in [0, 0.05) is 16.0 Å². The highest BCUT2D eigenvalue weighted by atomic mass is 32.1. The number of alkyl halides is 6. The van der Waals surface area contributed by atoms with Gasteiger partial charge in [0.1, 0.15) is 5.60 Å². The molecule has 0 spiro atoms. The molecule has 30 heavy (non-hydrogen) atoms. The highest BCUT2D eigenvalue weighted by molar-refractivity contribution is 7.10. The number of hydrogen-bond acceptors (Lipinski definition) is 4. The number of halogens is 6. The van der Waals surface area contributed by atoms with Gasteiger partial charge in [-0.25, -0.2) is 0 Å². The Labute approximate surface area is 174 Å². The molecule has 2 heterocycles. The van der Waals surface area contributed by atoms with Gasteiger partial charge in [-0.2, -0.15) is 37.7 Å². The van der Waals surface area contributed by atoms with Gasteiger partial charge in [-0.1, -0.05) is 6.07 Å². The molecule has 0 aliphatic carbocycles. The third kappa shape index (κ3) is 4.68. The number of aliphatic hydroxyl groups is 1. The van der Waals surface area contributed by atoms with E-state index >= 15 is 0 Å². The Balaban J connectivity index is 1.92. The number of benzene rings is 1. The van der Waals surface area contributed by atoms with Crippen molar-refractivity contribution >= 4 is 28.6 Å². The van der Waals surface area contributed by atoms with Crippen molar-refractivity contribution in [2.75, 3.05) is 6.54 Å². The average molecular weight is 465 g/mol. The van der Waals surface area contributed by atoms with E-state index in [1.807, 2.05) is 0 Å². The summed E-state index contributed by atoms with van der Waals surface area (Å²) in [4.78, 5) is 12.9. The third-order valence-corrected chi connectivity index (χ3v) is 5.99. The van der Waals surface area contributed by atoms with Crippen LogP contribution < -0.4 is 5.32 Å². The molecule has 1 atom stereocenters. The van der Waals surface area contributed by atoms with E-state index in [0.717, 1.165) is 0 Å². The number of thiophene rings is 2. The average Bonchev–Trinajstić information content (AvgIpc) is 3.38. The second kappa shape index (κ2) is 8.05. The van der Waals surface area contributed by atoms with Crippen molar-refractivity contribution in [1.82, 2.24) is 5.32 Å². The Morgan fingerprint density at radius 2 is 1.57 bits per heavy atom. The van der Waals surface area contributed by atoms with Crippen LogP contribution in [0.2, 0.25) is 0 Å². The second-order valence-corrected chi connectivity index (χ2v) is 8.05. The Morgan fingerprint density at radius 1 is 0.933 bits per heavy atom. The molecule has 1 unspecified atom stereocenters. The number of amides is 1. The lowest BCUT2D eigenvalue weighted by Crippen LogP contribution is -2.41. The van der Waals surface area contributed by atoms with Gasteiger partial charge >= 0.3 is 12.4 Å². The molecule has 160 valence electrons. The van der Waals surface area contributed by atoms with Crippen LogP contribution >= 0.6 is 22.7 Å². The summed E-state index contributed by atoms with van der Waals surface area (Å²) in [5.74, 6) is -1.17. The summed E-state index contributed by atoms with van der Waals surface area (Å²) in [7, 11) is 0. The van der Waals surface area contributed by atoms with Crippen LogP contribution in [0.25, 0.3) is 0 Å². The number of carbonyl (C=O) groups is 1. The van der Waals surface area contributed by atoms with Gasteiger partial charge in [-0.15, -0.1) is 11.3 Å². The van der Waals surface area contributed by atoms with Crippen LogP contribution in [-0.4, -0.2) is 17.6 Å². The number of hydrogen-bond donors (Lipinski definition) is 2. The summed E-state index contributed by atoms with van der Waals surface area (Å²) >= 11 is 2.48. The Bertz CT molecular complexity index is 944. The fraction of sp³-hybridized carbons (Fsp3) is 0.211. The fourth-order valence-corrected chi connectivity index (χ4v) is 4.31. The van der Waals surface area contributed by atoms with E-state index in [0.29, 0.717) is 22.6 Å². The normalized spacial score (nSPS) is 14.4. The van der Waals surface area contributed by atoms with Crippen molar-refractivity contribution in [3.63, 3.8) is 0 Å². The third-order valence-electron chi connectivity index (χ3n) is 4.28. The molecule has 0 aliphatic rings. The van der Waals surface area contributed by atoms with E-state index < -0.39 is 47.1 Å². The van der Waals surface area contributed by atoms with Crippen LogP contribution in [-0.2, 0) is 18.0 Å². The molecular formula is C19H13F6NO2S2. The van der Waals surface area contributed by atoms with Gasteiger partial charge in [0.15, 0.2) is 0 Å². The standard InChI is InChI=1S/C19H13F6NO2S2/c20-18(21,22)13-6-11(7-14(8-13)19(23,24)25)16(27)26-10-17(28,12-3-5-29-9-12)15-2-1-4-30-15/h1-9,28H,10H2,(H,26,27). The predicted molar refractivity (Wildman–Crippen MR) is 100 cm³/mol. The molecule has 11 heteroatoms. The van der Waals surface area contributed by atoms with Gasteiger partial charge in [0.2, 0.25) is 0 Å². The molecule has 3 rings (SSSR count).